The zero-order valence-corrected chi connectivity index (χ0v) is 20.7. The highest BCUT2D eigenvalue weighted by Crippen LogP contribution is 2.39. The number of aromatic nitrogens is 4. The number of carbonyl (C=O) groups excluding carboxylic acids is 2. The van der Waals surface area contributed by atoms with Gasteiger partial charge in [0, 0.05) is 18.3 Å². The van der Waals surface area contributed by atoms with Gasteiger partial charge in [0.05, 0.1) is 31.0 Å². The highest BCUT2D eigenvalue weighted by molar-refractivity contribution is 5.98. The molecule has 0 saturated carbocycles. The Morgan fingerprint density at radius 3 is 2.58 bits per heavy atom. The fourth-order valence-corrected chi connectivity index (χ4v) is 4.36. The number of para-hydroxylation sites is 1. The first kappa shape index (κ1) is 26.6. The van der Waals surface area contributed by atoms with E-state index in [4.69, 9.17) is 15.2 Å². The third kappa shape index (κ3) is 5.04. The average molecular weight is 559 g/mol. The lowest BCUT2D eigenvalue weighted by Crippen LogP contribution is -2.42. The maximum absolute atomic E-state index is 14.8. The van der Waals surface area contributed by atoms with Crippen molar-refractivity contribution in [2.45, 2.75) is 18.4 Å². The van der Waals surface area contributed by atoms with Crippen LogP contribution in [0.5, 0.6) is 11.6 Å². The van der Waals surface area contributed by atoms with Gasteiger partial charge in [0.2, 0.25) is 5.88 Å². The third-order valence-corrected chi connectivity index (χ3v) is 6.24. The first-order chi connectivity index (χ1) is 19.1. The number of pyridine rings is 1. The van der Waals surface area contributed by atoms with Gasteiger partial charge in [0.25, 0.3) is 5.91 Å². The zero-order valence-electron chi connectivity index (χ0n) is 20.7. The summed E-state index contributed by atoms with van der Waals surface area (Å²) in [6.45, 7) is -0.494. The first-order valence-corrected chi connectivity index (χ1v) is 11.8. The number of methoxy groups -OCH3 is 1. The molecule has 1 aliphatic heterocycles. The van der Waals surface area contributed by atoms with Gasteiger partial charge in [0.15, 0.2) is 5.82 Å². The molecule has 3 N–H and O–H groups in total. The van der Waals surface area contributed by atoms with Gasteiger partial charge >= 0.3 is 12.3 Å². The number of alkyl halides is 4. The molecule has 208 valence electrons. The number of nitrogen functional groups attached to an aromatic ring is 1. The van der Waals surface area contributed by atoms with Crippen LogP contribution in [-0.4, -0.2) is 68.9 Å². The van der Waals surface area contributed by atoms with Crippen LogP contribution in [0.1, 0.15) is 15.9 Å². The number of rotatable bonds is 5. The highest BCUT2D eigenvalue weighted by Gasteiger charge is 2.39. The highest BCUT2D eigenvalue weighted by atomic mass is 19.4. The Morgan fingerprint density at radius 2 is 1.88 bits per heavy atom. The molecule has 3 aromatic heterocycles. The largest absolute Gasteiger partial charge is 0.480 e. The minimum Gasteiger partial charge on any atom is -0.480 e. The number of carbonyl (C=O) groups is 2. The molecule has 40 heavy (non-hydrogen) atoms. The number of amides is 2. The number of fused-ring (bicyclic) bond motifs is 1. The molecule has 0 spiro atoms. The molecule has 2 atom stereocenters. The quantitative estimate of drug-likeness (QED) is 0.355. The molecule has 11 nitrogen and oxygen atoms in total. The summed E-state index contributed by atoms with van der Waals surface area (Å²) in [5, 5.41) is 6.39. The predicted molar refractivity (Wildman–Crippen MR) is 132 cm³/mol. The number of hydrogen-bond donors (Lipinski definition) is 2. The van der Waals surface area contributed by atoms with E-state index in [0.29, 0.717) is 0 Å². The van der Waals surface area contributed by atoms with E-state index in [1.165, 1.54) is 19.4 Å². The smallest absolute Gasteiger partial charge is 0.418 e. The van der Waals surface area contributed by atoms with Gasteiger partial charge in [0.1, 0.15) is 29.3 Å². The fourth-order valence-electron chi connectivity index (χ4n) is 4.36. The Hall–Kier alpha value is -4.95. The number of halogens is 4. The van der Waals surface area contributed by atoms with Crippen molar-refractivity contribution < 1.29 is 36.6 Å². The summed E-state index contributed by atoms with van der Waals surface area (Å²) in [4.78, 5) is 34.5. The van der Waals surface area contributed by atoms with Crippen LogP contribution < -0.4 is 20.5 Å². The summed E-state index contributed by atoms with van der Waals surface area (Å²) in [6.07, 6.45) is -4.97. The van der Waals surface area contributed by atoms with E-state index in [0.717, 1.165) is 21.8 Å². The van der Waals surface area contributed by atoms with Crippen LogP contribution in [0.3, 0.4) is 0 Å². The Kier molecular flexibility index (Phi) is 6.87. The predicted octanol–water partition coefficient (Wildman–Crippen LogP) is 3.35. The molecule has 4 aromatic rings. The number of anilines is 1. The maximum atomic E-state index is 14.8. The van der Waals surface area contributed by atoms with Crippen molar-refractivity contribution in [3.63, 3.8) is 0 Å². The van der Waals surface area contributed by atoms with E-state index in [2.05, 4.69) is 20.4 Å². The second-order valence-corrected chi connectivity index (χ2v) is 8.81. The zero-order chi connectivity index (χ0) is 28.6. The van der Waals surface area contributed by atoms with Crippen molar-refractivity contribution in [1.29, 1.82) is 0 Å². The van der Waals surface area contributed by atoms with Gasteiger partial charge < -0.3 is 25.4 Å². The van der Waals surface area contributed by atoms with Crippen LogP contribution in [0.15, 0.2) is 55.0 Å². The minimum atomic E-state index is -4.77. The minimum absolute atomic E-state index is 0.0697. The van der Waals surface area contributed by atoms with E-state index < -0.39 is 47.3 Å². The second kappa shape index (κ2) is 10.3. The number of likely N-dealkylation sites (tertiary alicyclic amines) is 1. The van der Waals surface area contributed by atoms with Crippen molar-refractivity contribution in [2.75, 3.05) is 25.9 Å². The van der Waals surface area contributed by atoms with Gasteiger partial charge in [-0.05, 0) is 24.3 Å². The Balaban J connectivity index is 1.40. The van der Waals surface area contributed by atoms with Gasteiger partial charge in [-0.2, -0.15) is 18.3 Å². The van der Waals surface area contributed by atoms with Crippen molar-refractivity contribution in [3.8, 4) is 22.9 Å². The normalized spacial score (nSPS) is 17.2. The van der Waals surface area contributed by atoms with Crippen molar-refractivity contribution in [1.82, 2.24) is 29.8 Å². The number of benzene rings is 1. The molecule has 1 aromatic carbocycles. The fraction of sp³-hybridized carbons (Fsp3) is 0.240. The SMILES string of the molecule is COc1ncc(-c2cc(C(F)(F)F)c3c(N)ncnn23)cc1C(=O)N[C@@H]1CN(C(=O)Oc2ccccc2)C[C@@H]1F. The lowest BCUT2D eigenvalue weighted by Gasteiger charge is -2.17. The van der Waals surface area contributed by atoms with Crippen LogP contribution in [0, 0.1) is 0 Å². The topological polar surface area (TPSA) is 137 Å². The van der Waals surface area contributed by atoms with E-state index in [-0.39, 0.29) is 41.5 Å². The maximum Gasteiger partial charge on any atom is 0.418 e. The Labute approximate surface area is 223 Å². The van der Waals surface area contributed by atoms with E-state index >= 15 is 0 Å². The van der Waals surface area contributed by atoms with Crippen LogP contribution in [-0.2, 0) is 6.18 Å². The van der Waals surface area contributed by atoms with Gasteiger partial charge in [-0.15, -0.1) is 0 Å². The van der Waals surface area contributed by atoms with Crippen molar-refractivity contribution >= 4 is 23.3 Å². The number of ether oxygens (including phenoxy) is 2. The molecule has 1 saturated heterocycles. The molecule has 15 heteroatoms. The molecule has 2 amide bonds. The molecule has 0 bridgehead atoms. The number of hydrogen-bond acceptors (Lipinski definition) is 8. The average Bonchev–Trinajstić information content (AvgIpc) is 3.51. The summed E-state index contributed by atoms with van der Waals surface area (Å²) >= 11 is 0. The summed E-state index contributed by atoms with van der Waals surface area (Å²) in [5.41, 5.74) is 4.00. The number of nitrogens with zero attached hydrogens (tertiary/aromatic N) is 5. The first-order valence-electron chi connectivity index (χ1n) is 11.8. The molecule has 1 fully saturated rings. The molecular weight excluding hydrogens is 538 g/mol. The molecule has 5 rings (SSSR count). The molecule has 0 radical (unpaired) electrons. The second-order valence-electron chi connectivity index (χ2n) is 8.81. The van der Waals surface area contributed by atoms with Crippen LogP contribution in [0.4, 0.5) is 28.2 Å². The summed E-state index contributed by atoms with van der Waals surface area (Å²) in [7, 11) is 1.25. The number of nitrogens with one attached hydrogen (secondary N) is 1. The van der Waals surface area contributed by atoms with Crippen LogP contribution in [0.2, 0.25) is 0 Å². The summed E-state index contributed by atoms with van der Waals surface area (Å²) in [6, 6.07) is 9.18. The van der Waals surface area contributed by atoms with E-state index in [1.54, 1.807) is 30.3 Å². The third-order valence-electron chi connectivity index (χ3n) is 6.24. The monoisotopic (exact) mass is 559 g/mol. The molecule has 0 aliphatic carbocycles. The van der Waals surface area contributed by atoms with Gasteiger partial charge in [-0.25, -0.2) is 23.7 Å². The van der Waals surface area contributed by atoms with Gasteiger partial charge in [-0.3, -0.25) is 4.79 Å². The number of nitrogens with two attached hydrogens (primary N) is 1. The molecule has 4 heterocycles. The lowest BCUT2D eigenvalue weighted by molar-refractivity contribution is -0.136. The van der Waals surface area contributed by atoms with Crippen molar-refractivity contribution in [2.24, 2.45) is 0 Å². The van der Waals surface area contributed by atoms with Gasteiger partial charge in [-0.1, -0.05) is 18.2 Å². The summed E-state index contributed by atoms with van der Waals surface area (Å²) in [5.74, 6) is -1.08. The Bertz CT molecular complexity index is 1580. The standard InChI is InChI=1S/C25H21F4N7O4/c1-39-23-15(22(37)34-18-11-35(10-17(18)26)24(38)40-14-5-3-2-4-6-14)7-13(9-31-23)19-8-16(25(27,28)29)20-21(30)32-12-33-36(19)20/h2-9,12,17-18H,10-11H2,1H3,(H,34,37)(H2,30,32,33)/t17-,18+/m0/s1. The molecular formula is C25H21F4N7O4. The van der Waals surface area contributed by atoms with Crippen LogP contribution >= 0.6 is 0 Å². The van der Waals surface area contributed by atoms with E-state index in [1.807, 2.05) is 0 Å². The van der Waals surface area contributed by atoms with Crippen molar-refractivity contribution in [3.05, 3.63) is 66.1 Å². The molecule has 1 aliphatic rings. The summed E-state index contributed by atoms with van der Waals surface area (Å²) < 4.78 is 67.3. The Morgan fingerprint density at radius 1 is 1.12 bits per heavy atom. The van der Waals surface area contributed by atoms with E-state index in [9.17, 15) is 27.2 Å². The molecule has 0 unspecified atom stereocenters. The lowest BCUT2D eigenvalue weighted by atomic mass is 10.1. The van der Waals surface area contributed by atoms with Crippen LogP contribution in [0.25, 0.3) is 16.8 Å².